The zero-order valence-electron chi connectivity index (χ0n) is 11.9. The van der Waals surface area contributed by atoms with Crippen molar-refractivity contribution < 1.29 is 4.79 Å². The number of carbonyl (C=O) groups is 1. The fraction of sp³-hybridized carbons (Fsp3) is 0.562. The first-order chi connectivity index (χ1) is 8.97. The molecule has 0 heterocycles. The number of hydrogen-bond acceptors (Lipinski definition) is 1. The number of amides is 1. The van der Waals surface area contributed by atoms with Crippen molar-refractivity contribution in [3.8, 4) is 0 Å². The lowest BCUT2D eigenvalue weighted by molar-refractivity contribution is 0.0910. The molecule has 1 aliphatic carbocycles. The molecule has 0 saturated heterocycles. The summed E-state index contributed by atoms with van der Waals surface area (Å²) in [6.07, 6.45) is 3.41. The normalized spacial score (nSPS) is 27.1. The molecule has 3 unspecified atom stereocenters. The summed E-state index contributed by atoms with van der Waals surface area (Å²) in [7, 11) is 0. The van der Waals surface area contributed by atoms with E-state index in [-0.39, 0.29) is 5.91 Å². The van der Waals surface area contributed by atoms with Crippen molar-refractivity contribution in [1.29, 1.82) is 0 Å². The first kappa shape index (κ1) is 14.6. The minimum Gasteiger partial charge on any atom is -0.349 e. The first-order valence-corrected chi connectivity index (χ1v) is 7.83. The molecular formula is C16H22BrNO. The Morgan fingerprint density at radius 2 is 2.00 bits per heavy atom. The quantitative estimate of drug-likeness (QED) is 0.863. The van der Waals surface area contributed by atoms with Gasteiger partial charge in [-0.3, -0.25) is 4.79 Å². The minimum absolute atomic E-state index is 0.0486. The van der Waals surface area contributed by atoms with E-state index in [4.69, 9.17) is 0 Å². The molecule has 0 radical (unpaired) electrons. The Morgan fingerprint density at radius 1 is 1.26 bits per heavy atom. The van der Waals surface area contributed by atoms with Crippen molar-refractivity contribution in [2.75, 3.05) is 0 Å². The van der Waals surface area contributed by atoms with Gasteiger partial charge >= 0.3 is 0 Å². The monoisotopic (exact) mass is 323 g/mol. The third-order valence-corrected chi connectivity index (χ3v) is 5.22. The SMILES string of the molecule is Cc1ccc(C(=O)NC2CCC(C)C(C)C2)cc1Br. The third kappa shape index (κ3) is 3.59. The summed E-state index contributed by atoms with van der Waals surface area (Å²) in [5.74, 6) is 1.53. The van der Waals surface area contributed by atoms with E-state index in [0.29, 0.717) is 12.0 Å². The number of aryl methyl sites for hydroxylation is 1. The predicted molar refractivity (Wildman–Crippen MR) is 82.3 cm³/mol. The summed E-state index contributed by atoms with van der Waals surface area (Å²) in [6.45, 7) is 6.61. The van der Waals surface area contributed by atoms with E-state index >= 15 is 0 Å². The Bertz CT molecular complexity index is 472. The first-order valence-electron chi connectivity index (χ1n) is 7.04. The van der Waals surface area contributed by atoms with Gasteiger partial charge < -0.3 is 5.32 Å². The maximum absolute atomic E-state index is 12.2. The Balaban J connectivity index is 1.99. The minimum atomic E-state index is 0.0486. The highest BCUT2D eigenvalue weighted by Crippen LogP contribution is 2.29. The zero-order chi connectivity index (χ0) is 14.0. The second kappa shape index (κ2) is 6.08. The Kier molecular flexibility index (Phi) is 4.67. The Morgan fingerprint density at radius 3 is 2.63 bits per heavy atom. The van der Waals surface area contributed by atoms with Gasteiger partial charge in [0, 0.05) is 16.1 Å². The van der Waals surface area contributed by atoms with Crippen LogP contribution in [-0.2, 0) is 0 Å². The predicted octanol–water partition coefficient (Wildman–Crippen LogP) is 4.31. The van der Waals surface area contributed by atoms with E-state index < -0.39 is 0 Å². The number of carbonyl (C=O) groups excluding carboxylic acids is 1. The molecular weight excluding hydrogens is 302 g/mol. The van der Waals surface area contributed by atoms with Gasteiger partial charge in [-0.1, -0.05) is 35.8 Å². The average molecular weight is 324 g/mol. The molecule has 1 aromatic rings. The fourth-order valence-electron chi connectivity index (χ4n) is 2.68. The number of rotatable bonds is 2. The van der Waals surface area contributed by atoms with Crippen LogP contribution in [0.25, 0.3) is 0 Å². The van der Waals surface area contributed by atoms with Gasteiger partial charge in [0.1, 0.15) is 0 Å². The summed E-state index contributed by atoms with van der Waals surface area (Å²) in [6, 6.07) is 6.10. The van der Waals surface area contributed by atoms with Crippen LogP contribution in [0.2, 0.25) is 0 Å². The van der Waals surface area contributed by atoms with Gasteiger partial charge in [0.2, 0.25) is 0 Å². The molecule has 0 bridgehead atoms. The van der Waals surface area contributed by atoms with Crippen LogP contribution in [0.3, 0.4) is 0 Å². The molecule has 3 heteroatoms. The smallest absolute Gasteiger partial charge is 0.251 e. The van der Waals surface area contributed by atoms with E-state index in [2.05, 4.69) is 35.1 Å². The van der Waals surface area contributed by atoms with E-state index in [1.165, 1.54) is 6.42 Å². The molecule has 1 amide bonds. The van der Waals surface area contributed by atoms with E-state index in [1.807, 2.05) is 25.1 Å². The molecule has 1 aliphatic rings. The van der Waals surface area contributed by atoms with Crippen molar-refractivity contribution in [2.24, 2.45) is 11.8 Å². The second-order valence-corrected chi connectivity index (χ2v) is 6.76. The van der Waals surface area contributed by atoms with Crippen LogP contribution in [0.1, 0.15) is 49.0 Å². The topological polar surface area (TPSA) is 29.1 Å². The number of hydrogen-bond donors (Lipinski definition) is 1. The molecule has 3 atom stereocenters. The third-order valence-electron chi connectivity index (χ3n) is 4.37. The van der Waals surface area contributed by atoms with Crippen LogP contribution >= 0.6 is 15.9 Å². The van der Waals surface area contributed by atoms with E-state index in [1.54, 1.807) is 0 Å². The maximum Gasteiger partial charge on any atom is 0.251 e. The molecule has 1 fully saturated rings. The van der Waals surface area contributed by atoms with Gasteiger partial charge in [-0.15, -0.1) is 0 Å². The molecule has 0 spiro atoms. The molecule has 19 heavy (non-hydrogen) atoms. The Hall–Kier alpha value is -0.830. The largest absolute Gasteiger partial charge is 0.349 e. The van der Waals surface area contributed by atoms with Crippen LogP contribution < -0.4 is 5.32 Å². The van der Waals surface area contributed by atoms with Gasteiger partial charge in [-0.25, -0.2) is 0 Å². The lowest BCUT2D eigenvalue weighted by Crippen LogP contribution is -2.39. The molecule has 1 saturated carbocycles. The molecule has 1 N–H and O–H groups in total. The second-order valence-electron chi connectivity index (χ2n) is 5.90. The number of halogens is 1. The van der Waals surface area contributed by atoms with Crippen LogP contribution in [0.5, 0.6) is 0 Å². The van der Waals surface area contributed by atoms with Crippen molar-refractivity contribution in [2.45, 2.75) is 46.1 Å². The maximum atomic E-state index is 12.2. The zero-order valence-corrected chi connectivity index (χ0v) is 13.5. The van der Waals surface area contributed by atoms with Crippen molar-refractivity contribution in [3.05, 3.63) is 33.8 Å². The molecule has 0 aromatic heterocycles. The van der Waals surface area contributed by atoms with Gasteiger partial charge in [0.25, 0.3) is 5.91 Å². The molecule has 0 aliphatic heterocycles. The van der Waals surface area contributed by atoms with Crippen LogP contribution in [0.4, 0.5) is 0 Å². The van der Waals surface area contributed by atoms with E-state index in [0.717, 1.165) is 34.4 Å². The number of benzene rings is 1. The molecule has 2 nitrogen and oxygen atoms in total. The van der Waals surface area contributed by atoms with Crippen LogP contribution in [0, 0.1) is 18.8 Å². The summed E-state index contributed by atoms with van der Waals surface area (Å²) >= 11 is 3.48. The summed E-state index contributed by atoms with van der Waals surface area (Å²) in [5, 5.41) is 3.17. The lowest BCUT2D eigenvalue weighted by Gasteiger charge is -2.32. The van der Waals surface area contributed by atoms with Crippen LogP contribution in [0.15, 0.2) is 22.7 Å². The summed E-state index contributed by atoms with van der Waals surface area (Å²) in [4.78, 5) is 12.2. The van der Waals surface area contributed by atoms with Crippen molar-refractivity contribution >= 4 is 21.8 Å². The van der Waals surface area contributed by atoms with Crippen molar-refractivity contribution in [3.63, 3.8) is 0 Å². The van der Waals surface area contributed by atoms with Gasteiger partial charge in [-0.05, 0) is 55.7 Å². The lowest BCUT2D eigenvalue weighted by atomic mass is 9.79. The molecule has 1 aromatic carbocycles. The highest BCUT2D eigenvalue weighted by atomic mass is 79.9. The van der Waals surface area contributed by atoms with Gasteiger partial charge in [0.15, 0.2) is 0 Å². The molecule has 104 valence electrons. The fourth-order valence-corrected chi connectivity index (χ4v) is 3.06. The standard InChI is InChI=1S/C16H22BrNO/c1-10-5-7-14(8-12(10)3)18-16(19)13-6-4-11(2)15(17)9-13/h4,6,9-10,12,14H,5,7-8H2,1-3H3,(H,18,19). The van der Waals surface area contributed by atoms with Crippen molar-refractivity contribution in [1.82, 2.24) is 5.32 Å². The summed E-state index contributed by atoms with van der Waals surface area (Å²) in [5.41, 5.74) is 1.89. The van der Waals surface area contributed by atoms with E-state index in [9.17, 15) is 4.79 Å². The highest BCUT2D eigenvalue weighted by Gasteiger charge is 2.25. The van der Waals surface area contributed by atoms with Gasteiger partial charge in [0.05, 0.1) is 0 Å². The highest BCUT2D eigenvalue weighted by molar-refractivity contribution is 9.10. The average Bonchev–Trinajstić information content (AvgIpc) is 2.37. The summed E-state index contributed by atoms with van der Waals surface area (Å²) < 4.78 is 0.991. The number of nitrogens with one attached hydrogen (secondary N) is 1. The van der Waals surface area contributed by atoms with Crippen LogP contribution in [-0.4, -0.2) is 11.9 Å². The molecule has 2 rings (SSSR count). The Labute approximate surface area is 124 Å². The van der Waals surface area contributed by atoms with Gasteiger partial charge in [-0.2, -0.15) is 0 Å².